The molecular formula is C15H20FN3O. The number of halogens is 1. The van der Waals surface area contributed by atoms with E-state index >= 15 is 0 Å². The first kappa shape index (κ1) is 13.4. The molecule has 0 spiro atoms. The van der Waals surface area contributed by atoms with E-state index in [1.165, 1.54) is 25.3 Å². The molecule has 3 N–H and O–H groups in total. The van der Waals surface area contributed by atoms with Crippen LogP contribution in [0.3, 0.4) is 0 Å². The number of para-hydroxylation sites is 1. The van der Waals surface area contributed by atoms with Crippen LogP contribution in [0.25, 0.3) is 0 Å². The highest BCUT2D eigenvalue weighted by molar-refractivity contribution is 6.00. The molecule has 1 aromatic rings. The number of benzene rings is 1. The molecule has 3 rings (SSSR count). The summed E-state index contributed by atoms with van der Waals surface area (Å²) < 4.78 is 13.7. The van der Waals surface area contributed by atoms with Gasteiger partial charge in [0.05, 0.1) is 11.3 Å². The predicted octanol–water partition coefficient (Wildman–Crippen LogP) is 2.52. The van der Waals surface area contributed by atoms with Crippen LogP contribution in [0.15, 0.2) is 18.2 Å². The summed E-state index contributed by atoms with van der Waals surface area (Å²) in [5.74, 6) is 5.39. The summed E-state index contributed by atoms with van der Waals surface area (Å²) in [7, 11) is 0. The van der Waals surface area contributed by atoms with Gasteiger partial charge in [0.25, 0.3) is 5.91 Å². The van der Waals surface area contributed by atoms with Crippen LogP contribution in [0.5, 0.6) is 0 Å². The molecule has 5 heteroatoms. The summed E-state index contributed by atoms with van der Waals surface area (Å²) in [5, 5.41) is 0. The second-order valence-electron chi connectivity index (χ2n) is 5.71. The molecule has 1 aliphatic heterocycles. The number of nitrogens with two attached hydrogens (primary N) is 1. The minimum atomic E-state index is -0.488. The number of rotatable bonds is 2. The van der Waals surface area contributed by atoms with Gasteiger partial charge in [-0.15, -0.1) is 0 Å². The van der Waals surface area contributed by atoms with Crippen molar-refractivity contribution in [1.29, 1.82) is 0 Å². The molecule has 2 unspecified atom stereocenters. The third-order valence-electron chi connectivity index (χ3n) is 4.66. The Kier molecular flexibility index (Phi) is 3.61. The van der Waals surface area contributed by atoms with E-state index in [1.807, 2.05) is 4.90 Å². The summed E-state index contributed by atoms with van der Waals surface area (Å²) in [4.78, 5) is 14.6. The first-order valence-corrected chi connectivity index (χ1v) is 7.28. The number of fused-ring (bicyclic) bond motifs is 1. The van der Waals surface area contributed by atoms with Crippen LogP contribution in [-0.2, 0) is 0 Å². The Morgan fingerprint density at radius 2 is 2.10 bits per heavy atom. The van der Waals surface area contributed by atoms with E-state index in [2.05, 4.69) is 5.43 Å². The van der Waals surface area contributed by atoms with E-state index in [0.29, 0.717) is 17.5 Å². The SMILES string of the molecule is NNc1c(F)cccc1C(=O)N1CCC2CCCCC21. The van der Waals surface area contributed by atoms with Crippen molar-refractivity contribution < 1.29 is 9.18 Å². The summed E-state index contributed by atoms with van der Waals surface area (Å²) in [6.07, 6.45) is 5.78. The minimum absolute atomic E-state index is 0.0942. The van der Waals surface area contributed by atoms with E-state index in [0.717, 1.165) is 19.4 Å². The lowest BCUT2D eigenvalue weighted by Crippen LogP contribution is -2.39. The van der Waals surface area contributed by atoms with Gasteiger partial charge in [0.1, 0.15) is 5.82 Å². The zero-order chi connectivity index (χ0) is 14.1. The Morgan fingerprint density at radius 3 is 2.90 bits per heavy atom. The fourth-order valence-corrected chi connectivity index (χ4v) is 3.66. The van der Waals surface area contributed by atoms with Crippen molar-refractivity contribution in [3.63, 3.8) is 0 Å². The van der Waals surface area contributed by atoms with Gasteiger partial charge in [-0.1, -0.05) is 18.9 Å². The van der Waals surface area contributed by atoms with E-state index in [1.54, 1.807) is 12.1 Å². The molecule has 108 valence electrons. The van der Waals surface area contributed by atoms with Crippen LogP contribution >= 0.6 is 0 Å². The van der Waals surface area contributed by atoms with Crippen molar-refractivity contribution >= 4 is 11.6 Å². The first-order chi connectivity index (χ1) is 9.72. The second-order valence-corrected chi connectivity index (χ2v) is 5.71. The number of nitrogens with one attached hydrogen (secondary N) is 1. The summed E-state index contributed by atoms with van der Waals surface area (Å²) >= 11 is 0. The van der Waals surface area contributed by atoms with Crippen LogP contribution < -0.4 is 11.3 Å². The number of hydrogen-bond acceptors (Lipinski definition) is 3. The number of hydrazine groups is 1. The third kappa shape index (κ3) is 2.16. The van der Waals surface area contributed by atoms with Gasteiger partial charge in [-0.25, -0.2) is 4.39 Å². The van der Waals surface area contributed by atoms with Gasteiger partial charge in [-0.05, 0) is 37.3 Å². The van der Waals surface area contributed by atoms with Gasteiger partial charge in [0, 0.05) is 12.6 Å². The maximum absolute atomic E-state index is 13.7. The maximum Gasteiger partial charge on any atom is 0.256 e. The highest BCUT2D eigenvalue weighted by atomic mass is 19.1. The zero-order valence-corrected chi connectivity index (χ0v) is 11.4. The molecule has 2 aliphatic rings. The average molecular weight is 277 g/mol. The van der Waals surface area contributed by atoms with Gasteiger partial charge in [0.2, 0.25) is 0 Å². The number of carbonyl (C=O) groups is 1. The molecule has 1 saturated heterocycles. The van der Waals surface area contributed by atoms with Crippen LogP contribution in [0, 0.1) is 11.7 Å². The van der Waals surface area contributed by atoms with Crippen molar-refractivity contribution in [2.75, 3.05) is 12.0 Å². The van der Waals surface area contributed by atoms with Crippen LogP contribution in [-0.4, -0.2) is 23.4 Å². The monoisotopic (exact) mass is 277 g/mol. The van der Waals surface area contributed by atoms with Gasteiger partial charge < -0.3 is 10.3 Å². The topological polar surface area (TPSA) is 58.4 Å². The van der Waals surface area contributed by atoms with Gasteiger partial charge in [-0.3, -0.25) is 10.6 Å². The standard InChI is InChI=1S/C15H20FN3O/c16-12-6-3-5-11(14(12)18-17)15(20)19-9-8-10-4-1-2-7-13(10)19/h3,5-6,10,13,18H,1-2,4,7-9,17H2. The fraction of sp³-hybridized carbons (Fsp3) is 0.533. The summed E-state index contributed by atoms with van der Waals surface area (Å²) in [6.45, 7) is 0.773. The molecule has 1 aromatic carbocycles. The summed E-state index contributed by atoms with van der Waals surface area (Å²) in [6, 6.07) is 4.82. The Bertz CT molecular complexity index is 520. The Labute approximate surface area is 118 Å². The quantitative estimate of drug-likeness (QED) is 0.645. The van der Waals surface area contributed by atoms with Crippen molar-refractivity contribution in [1.82, 2.24) is 4.90 Å². The normalized spacial score (nSPS) is 25.4. The molecule has 1 saturated carbocycles. The molecule has 20 heavy (non-hydrogen) atoms. The Balaban J connectivity index is 1.88. The van der Waals surface area contributed by atoms with Crippen molar-refractivity contribution in [3.8, 4) is 0 Å². The predicted molar refractivity (Wildman–Crippen MR) is 75.6 cm³/mol. The Morgan fingerprint density at radius 1 is 1.30 bits per heavy atom. The smallest absolute Gasteiger partial charge is 0.256 e. The number of amides is 1. The van der Waals surface area contributed by atoms with Crippen molar-refractivity contribution in [2.24, 2.45) is 11.8 Å². The van der Waals surface area contributed by atoms with Gasteiger partial charge in [0.15, 0.2) is 0 Å². The van der Waals surface area contributed by atoms with Gasteiger partial charge in [-0.2, -0.15) is 0 Å². The lowest BCUT2D eigenvalue weighted by atomic mass is 9.85. The zero-order valence-electron chi connectivity index (χ0n) is 11.4. The number of nitrogen functional groups attached to an aromatic ring is 1. The molecule has 2 atom stereocenters. The number of nitrogens with zero attached hydrogens (tertiary/aromatic N) is 1. The number of carbonyl (C=O) groups excluding carboxylic acids is 1. The summed E-state index contributed by atoms with van der Waals surface area (Å²) in [5.41, 5.74) is 2.74. The minimum Gasteiger partial charge on any atom is -0.335 e. The fourth-order valence-electron chi connectivity index (χ4n) is 3.66. The molecule has 0 radical (unpaired) electrons. The molecule has 0 aromatic heterocycles. The van der Waals surface area contributed by atoms with E-state index in [-0.39, 0.29) is 11.6 Å². The highest BCUT2D eigenvalue weighted by Crippen LogP contribution is 2.37. The van der Waals surface area contributed by atoms with Gasteiger partial charge >= 0.3 is 0 Å². The Hall–Kier alpha value is -1.62. The van der Waals surface area contributed by atoms with Crippen LogP contribution in [0.4, 0.5) is 10.1 Å². The van der Waals surface area contributed by atoms with E-state index in [4.69, 9.17) is 5.84 Å². The van der Waals surface area contributed by atoms with Crippen LogP contribution in [0.1, 0.15) is 42.5 Å². The van der Waals surface area contributed by atoms with Crippen molar-refractivity contribution in [3.05, 3.63) is 29.6 Å². The molecule has 1 heterocycles. The highest BCUT2D eigenvalue weighted by Gasteiger charge is 2.39. The van der Waals surface area contributed by atoms with E-state index in [9.17, 15) is 9.18 Å². The van der Waals surface area contributed by atoms with E-state index < -0.39 is 5.82 Å². The lowest BCUT2D eigenvalue weighted by Gasteiger charge is -2.32. The largest absolute Gasteiger partial charge is 0.335 e. The number of hydrogen-bond donors (Lipinski definition) is 2. The first-order valence-electron chi connectivity index (χ1n) is 7.28. The molecular weight excluding hydrogens is 257 g/mol. The average Bonchev–Trinajstić information content (AvgIpc) is 2.90. The molecule has 4 nitrogen and oxygen atoms in total. The lowest BCUT2D eigenvalue weighted by molar-refractivity contribution is 0.0690. The third-order valence-corrected chi connectivity index (χ3v) is 4.66. The maximum atomic E-state index is 13.7. The second kappa shape index (κ2) is 5.40. The number of likely N-dealkylation sites (tertiary alicyclic amines) is 1. The molecule has 1 aliphatic carbocycles. The van der Waals surface area contributed by atoms with Crippen molar-refractivity contribution in [2.45, 2.75) is 38.1 Å². The van der Waals surface area contributed by atoms with Crippen LogP contribution in [0.2, 0.25) is 0 Å². The molecule has 0 bridgehead atoms. The molecule has 2 fully saturated rings. The molecule has 1 amide bonds. The number of anilines is 1.